The van der Waals surface area contributed by atoms with E-state index in [1.165, 1.54) is 0 Å². The van der Waals surface area contributed by atoms with E-state index < -0.39 is 0 Å². The number of tetrazole rings is 1. The second-order valence-corrected chi connectivity index (χ2v) is 2.72. The Morgan fingerprint density at radius 2 is 2.54 bits per heavy atom. The van der Waals surface area contributed by atoms with Crippen molar-refractivity contribution in [1.29, 1.82) is 0 Å². The lowest BCUT2D eigenvalue weighted by molar-refractivity contribution is -0.143. The standard InChI is InChI=1S/C6H9N5O2/c12-6-4-13-2-1-11(6)3-5-7-9-10-8-5/h1-4H2,(H,7,8,9,10). The van der Waals surface area contributed by atoms with Crippen molar-refractivity contribution in [3.63, 3.8) is 0 Å². The third-order valence-corrected chi connectivity index (χ3v) is 1.81. The first-order valence-electron chi connectivity index (χ1n) is 3.94. The first-order valence-corrected chi connectivity index (χ1v) is 3.94. The smallest absolute Gasteiger partial charge is 0.249 e. The summed E-state index contributed by atoms with van der Waals surface area (Å²) in [5, 5.41) is 13.1. The van der Waals surface area contributed by atoms with Crippen LogP contribution < -0.4 is 0 Å². The third kappa shape index (κ3) is 1.81. The zero-order chi connectivity index (χ0) is 9.10. The van der Waals surface area contributed by atoms with E-state index in [-0.39, 0.29) is 12.5 Å². The fraction of sp³-hybridized carbons (Fsp3) is 0.667. The van der Waals surface area contributed by atoms with Crippen LogP contribution in [0.2, 0.25) is 0 Å². The molecule has 0 unspecified atom stereocenters. The SMILES string of the molecule is O=C1COCCN1Cc1nnn[nH]1. The highest BCUT2D eigenvalue weighted by atomic mass is 16.5. The van der Waals surface area contributed by atoms with Crippen LogP contribution in [0, 0.1) is 0 Å². The second kappa shape index (κ2) is 3.48. The van der Waals surface area contributed by atoms with Crippen molar-refractivity contribution in [2.75, 3.05) is 19.8 Å². The molecule has 1 aliphatic rings. The van der Waals surface area contributed by atoms with Gasteiger partial charge < -0.3 is 9.64 Å². The first kappa shape index (κ1) is 8.11. The van der Waals surface area contributed by atoms with Crippen molar-refractivity contribution < 1.29 is 9.53 Å². The summed E-state index contributed by atoms with van der Waals surface area (Å²) < 4.78 is 4.98. The highest BCUT2D eigenvalue weighted by Gasteiger charge is 2.19. The van der Waals surface area contributed by atoms with Crippen molar-refractivity contribution in [2.45, 2.75) is 6.54 Å². The molecule has 1 saturated heterocycles. The number of hydrogen-bond acceptors (Lipinski definition) is 5. The Balaban J connectivity index is 1.97. The van der Waals surface area contributed by atoms with Crippen LogP contribution in [0.15, 0.2) is 0 Å². The van der Waals surface area contributed by atoms with Gasteiger partial charge in [-0.15, -0.1) is 5.10 Å². The topological polar surface area (TPSA) is 84.0 Å². The summed E-state index contributed by atoms with van der Waals surface area (Å²) in [6.07, 6.45) is 0. The van der Waals surface area contributed by atoms with Gasteiger partial charge in [-0.3, -0.25) is 4.79 Å². The van der Waals surface area contributed by atoms with Gasteiger partial charge in [0.25, 0.3) is 0 Å². The van der Waals surface area contributed by atoms with Crippen LogP contribution in [0.5, 0.6) is 0 Å². The Morgan fingerprint density at radius 3 is 3.23 bits per heavy atom. The van der Waals surface area contributed by atoms with E-state index in [4.69, 9.17) is 4.74 Å². The molecular weight excluding hydrogens is 174 g/mol. The third-order valence-electron chi connectivity index (χ3n) is 1.81. The molecule has 1 aromatic heterocycles. The number of morpholine rings is 1. The van der Waals surface area contributed by atoms with E-state index in [2.05, 4.69) is 20.6 Å². The summed E-state index contributed by atoms with van der Waals surface area (Å²) in [7, 11) is 0. The summed E-state index contributed by atoms with van der Waals surface area (Å²) >= 11 is 0. The molecule has 2 heterocycles. The van der Waals surface area contributed by atoms with Crippen molar-refractivity contribution in [3.8, 4) is 0 Å². The Labute approximate surface area is 74.1 Å². The van der Waals surface area contributed by atoms with Crippen molar-refractivity contribution in [1.82, 2.24) is 25.5 Å². The minimum atomic E-state index is -0.0253. The highest BCUT2D eigenvalue weighted by Crippen LogP contribution is 2.02. The van der Waals surface area contributed by atoms with Crippen LogP contribution in [0.4, 0.5) is 0 Å². The second-order valence-electron chi connectivity index (χ2n) is 2.72. The molecule has 1 aliphatic heterocycles. The maximum Gasteiger partial charge on any atom is 0.249 e. The molecule has 7 heteroatoms. The van der Waals surface area contributed by atoms with Gasteiger partial charge in [0.15, 0.2) is 5.82 Å². The van der Waals surface area contributed by atoms with E-state index in [0.29, 0.717) is 25.5 Å². The minimum absolute atomic E-state index is 0.0253. The molecule has 13 heavy (non-hydrogen) atoms. The quantitative estimate of drug-likeness (QED) is 0.607. The monoisotopic (exact) mass is 183 g/mol. The van der Waals surface area contributed by atoms with Crippen LogP contribution in [-0.4, -0.2) is 51.2 Å². The highest BCUT2D eigenvalue weighted by molar-refractivity contribution is 5.77. The number of carbonyl (C=O) groups excluding carboxylic acids is 1. The summed E-state index contributed by atoms with van der Waals surface area (Å²) in [6, 6.07) is 0. The average molecular weight is 183 g/mol. The summed E-state index contributed by atoms with van der Waals surface area (Å²) in [4.78, 5) is 12.9. The van der Waals surface area contributed by atoms with Crippen molar-refractivity contribution in [2.24, 2.45) is 0 Å². The molecule has 0 radical (unpaired) electrons. The Bertz CT molecular complexity index is 285. The van der Waals surface area contributed by atoms with E-state index in [0.717, 1.165) is 0 Å². The maximum atomic E-state index is 11.2. The molecule has 1 amide bonds. The van der Waals surface area contributed by atoms with Gasteiger partial charge in [-0.05, 0) is 10.4 Å². The van der Waals surface area contributed by atoms with Gasteiger partial charge in [0.2, 0.25) is 5.91 Å². The van der Waals surface area contributed by atoms with E-state index in [1.54, 1.807) is 4.90 Å². The van der Waals surface area contributed by atoms with E-state index >= 15 is 0 Å². The van der Waals surface area contributed by atoms with Crippen molar-refractivity contribution in [3.05, 3.63) is 5.82 Å². The molecule has 0 saturated carbocycles. The molecule has 1 fully saturated rings. The number of H-pyrrole nitrogens is 1. The van der Waals surface area contributed by atoms with E-state index in [9.17, 15) is 4.79 Å². The Hall–Kier alpha value is -1.50. The predicted octanol–water partition coefficient (Wildman–Crippen LogP) is -1.44. The van der Waals surface area contributed by atoms with Crippen LogP contribution in [-0.2, 0) is 16.1 Å². The molecule has 0 atom stereocenters. The van der Waals surface area contributed by atoms with Gasteiger partial charge in [0.05, 0.1) is 13.2 Å². The normalized spacial score (nSPS) is 17.8. The maximum absolute atomic E-state index is 11.2. The van der Waals surface area contributed by atoms with Gasteiger partial charge >= 0.3 is 0 Å². The summed E-state index contributed by atoms with van der Waals surface area (Å²) in [5.74, 6) is 0.568. The number of ether oxygens (including phenoxy) is 1. The van der Waals surface area contributed by atoms with E-state index in [1.807, 2.05) is 0 Å². The Kier molecular flexibility index (Phi) is 2.17. The number of carbonyl (C=O) groups is 1. The molecule has 0 aliphatic carbocycles. The van der Waals surface area contributed by atoms with Gasteiger partial charge in [0.1, 0.15) is 6.61 Å². The number of amides is 1. The molecule has 0 bridgehead atoms. The fourth-order valence-electron chi connectivity index (χ4n) is 1.14. The number of nitrogens with one attached hydrogen (secondary N) is 1. The number of aromatic amines is 1. The van der Waals surface area contributed by atoms with Crippen LogP contribution in [0.25, 0.3) is 0 Å². The molecule has 70 valence electrons. The molecule has 0 aromatic carbocycles. The zero-order valence-electron chi connectivity index (χ0n) is 6.93. The number of aromatic nitrogens is 4. The van der Waals surface area contributed by atoms with Crippen LogP contribution in [0.1, 0.15) is 5.82 Å². The van der Waals surface area contributed by atoms with Gasteiger partial charge in [0, 0.05) is 6.54 Å². The fourth-order valence-corrected chi connectivity index (χ4v) is 1.14. The lowest BCUT2D eigenvalue weighted by Crippen LogP contribution is -2.41. The largest absolute Gasteiger partial charge is 0.370 e. The summed E-state index contributed by atoms with van der Waals surface area (Å²) in [6.45, 7) is 1.75. The van der Waals surface area contributed by atoms with Gasteiger partial charge in [-0.25, -0.2) is 5.10 Å². The minimum Gasteiger partial charge on any atom is -0.370 e. The van der Waals surface area contributed by atoms with Crippen LogP contribution in [0.3, 0.4) is 0 Å². The Morgan fingerprint density at radius 1 is 1.62 bits per heavy atom. The number of hydrogen-bond donors (Lipinski definition) is 1. The van der Waals surface area contributed by atoms with Crippen molar-refractivity contribution >= 4 is 5.91 Å². The number of nitrogens with zero attached hydrogens (tertiary/aromatic N) is 4. The molecule has 1 N–H and O–H groups in total. The lowest BCUT2D eigenvalue weighted by Gasteiger charge is -2.25. The van der Waals surface area contributed by atoms with Gasteiger partial charge in [-0.2, -0.15) is 0 Å². The predicted molar refractivity (Wildman–Crippen MR) is 40.4 cm³/mol. The first-order chi connectivity index (χ1) is 6.36. The molecule has 2 rings (SSSR count). The molecule has 1 aromatic rings. The molecule has 0 spiro atoms. The van der Waals surface area contributed by atoms with Gasteiger partial charge in [-0.1, -0.05) is 0 Å². The number of rotatable bonds is 2. The summed E-state index contributed by atoms with van der Waals surface area (Å²) in [5.41, 5.74) is 0. The zero-order valence-corrected chi connectivity index (χ0v) is 6.93. The molecule has 7 nitrogen and oxygen atoms in total. The average Bonchev–Trinajstić information content (AvgIpc) is 2.61. The lowest BCUT2D eigenvalue weighted by atomic mass is 10.4. The van der Waals surface area contributed by atoms with Crippen LogP contribution >= 0.6 is 0 Å². The molecular formula is C6H9N5O2.